The summed E-state index contributed by atoms with van der Waals surface area (Å²) in [7, 11) is 0. The van der Waals surface area contributed by atoms with Crippen LogP contribution in [0.25, 0.3) is 0 Å². The molecule has 1 aromatic rings. The van der Waals surface area contributed by atoms with Gasteiger partial charge in [-0.2, -0.15) is 0 Å². The van der Waals surface area contributed by atoms with Gasteiger partial charge < -0.3 is 10.6 Å². The largest absolute Gasteiger partial charge is 0.325 e. The number of anilines is 1. The summed E-state index contributed by atoms with van der Waals surface area (Å²) in [6.45, 7) is 7.98. The molecule has 1 atom stereocenters. The maximum Gasteiger partial charge on any atom is 0.238 e. The zero-order valence-corrected chi connectivity index (χ0v) is 13.1. The fraction of sp³-hybridized carbons (Fsp3) is 0.588. The SMILES string of the molecule is CCNC(C)C1CCN(CC(=O)Nc2ccccc2)CC1. The molecule has 1 fully saturated rings. The molecule has 0 aromatic heterocycles. The van der Waals surface area contributed by atoms with Crippen molar-refractivity contribution in [3.05, 3.63) is 30.3 Å². The van der Waals surface area contributed by atoms with Gasteiger partial charge in [-0.05, 0) is 57.5 Å². The zero-order chi connectivity index (χ0) is 15.1. The van der Waals surface area contributed by atoms with E-state index in [-0.39, 0.29) is 5.91 Å². The molecule has 0 spiro atoms. The van der Waals surface area contributed by atoms with Gasteiger partial charge in [-0.1, -0.05) is 25.1 Å². The lowest BCUT2D eigenvalue weighted by Gasteiger charge is -2.34. The first-order valence-electron chi connectivity index (χ1n) is 7.99. The molecule has 4 nitrogen and oxygen atoms in total. The second kappa shape index (κ2) is 8.15. The maximum absolute atomic E-state index is 12.0. The Labute approximate surface area is 127 Å². The predicted octanol–water partition coefficient (Wildman–Crippen LogP) is 2.34. The molecule has 2 N–H and O–H groups in total. The number of hydrogen-bond acceptors (Lipinski definition) is 3. The van der Waals surface area contributed by atoms with E-state index in [0.29, 0.717) is 12.6 Å². The van der Waals surface area contributed by atoms with E-state index in [4.69, 9.17) is 0 Å². The van der Waals surface area contributed by atoms with Gasteiger partial charge >= 0.3 is 0 Å². The Morgan fingerprint density at radius 3 is 2.57 bits per heavy atom. The minimum absolute atomic E-state index is 0.0828. The number of rotatable bonds is 6. The molecule has 0 bridgehead atoms. The van der Waals surface area contributed by atoms with Crippen LogP contribution in [0.5, 0.6) is 0 Å². The fourth-order valence-corrected chi connectivity index (χ4v) is 3.02. The molecule has 0 aliphatic carbocycles. The van der Waals surface area contributed by atoms with Crippen LogP contribution in [-0.2, 0) is 4.79 Å². The molecule has 0 radical (unpaired) electrons. The highest BCUT2D eigenvalue weighted by atomic mass is 16.2. The van der Waals surface area contributed by atoms with Crippen molar-refractivity contribution in [3.63, 3.8) is 0 Å². The molecule has 1 saturated heterocycles. The molecule has 1 heterocycles. The Morgan fingerprint density at radius 2 is 1.95 bits per heavy atom. The van der Waals surface area contributed by atoms with E-state index in [2.05, 4.69) is 29.4 Å². The molecule has 21 heavy (non-hydrogen) atoms. The average Bonchev–Trinajstić information content (AvgIpc) is 2.49. The topological polar surface area (TPSA) is 44.4 Å². The van der Waals surface area contributed by atoms with E-state index < -0.39 is 0 Å². The quantitative estimate of drug-likeness (QED) is 0.845. The van der Waals surface area contributed by atoms with Gasteiger partial charge in [0.05, 0.1) is 6.54 Å². The van der Waals surface area contributed by atoms with E-state index in [1.54, 1.807) is 0 Å². The van der Waals surface area contributed by atoms with Gasteiger partial charge in [-0.15, -0.1) is 0 Å². The second-order valence-electron chi connectivity index (χ2n) is 5.87. The smallest absolute Gasteiger partial charge is 0.238 e. The zero-order valence-electron chi connectivity index (χ0n) is 13.1. The number of hydrogen-bond donors (Lipinski definition) is 2. The number of piperidine rings is 1. The molecular formula is C17H27N3O. The minimum atomic E-state index is 0.0828. The first-order valence-corrected chi connectivity index (χ1v) is 7.99. The highest BCUT2D eigenvalue weighted by molar-refractivity contribution is 5.92. The molecule has 1 amide bonds. The van der Waals surface area contributed by atoms with Crippen LogP contribution >= 0.6 is 0 Å². The maximum atomic E-state index is 12.0. The summed E-state index contributed by atoms with van der Waals surface area (Å²) in [4.78, 5) is 14.3. The molecule has 0 saturated carbocycles. The van der Waals surface area contributed by atoms with Crippen molar-refractivity contribution >= 4 is 11.6 Å². The highest BCUT2D eigenvalue weighted by Gasteiger charge is 2.24. The summed E-state index contributed by atoms with van der Waals surface area (Å²) in [5.74, 6) is 0.817. The van der Waals surface area contributed by atoms with Crippen LogP contribution in [0.2, 0.25) is 0 Å². The van der Waals surface area contributed by atoms with Crippen LogP contribution in [0.4, 0.5) is 5.69 Å². The van der Waals surface area contributed by atoms with Gasteiger partial charge in [0.15, 0.2) is 0 Å². The van der Waals surface area contributed by atoms with Crippen molar-refractivity contribution in [2.75, 3.05) is 31.5 Å². The number of amides is 1. The predicted molar refractivity (Wildman–Crippen MR) is 87.4 cm³/mol. The third-order valence-electron chi connectivity index (χ3n) is 4.29. The van der Waals surface area contributed by atoms with Gasteiger partial charge in [0.2, 0.25) is 5.91 Å². The lowest BCUT2D eigenvalue weighted by Crippen LogP contribution is -2.44. The Morgan fingerprint density at radius 1 is 1.29 bits per heavy atom. The molecular weight excluding hydrogens is 262 g/mol. The number of carbonyl (C=O) groups excluding carboxylic acids is 1. The van der Waals surface area contributed by atoms with Crippen LogP contribution in [0.3, 0.4) is 0 Å². The number of likely N-dealkylation sites (tertiary alicyclic amines) is 1. The van der Waals surface area contributed by atoms with Crippen LogP contribution in [-0.4, -0.2) is 43.0 Å². The third-order valence-corrected chi connectivity index (χ3v) is 4.29. The normalized spacial score (nSPS) is 18.4. The third kappa shape index (κ3) is 5.14. The minimum Gasteiger partial charge on any atom is -0.325 e. The Bertz CT molecular complexity index is 427. The van der Waals surface area contributed by atoms with Gasteiger partial charge in [0.1, 0.15) is 0 Å². The van der Waals surface area contributed by atoms with Crippen molar-refractivity contribution in [2.45, 2.75) is 32.7 Å². The number of carbonyl (C=O) groups is 1. The summed E-state index contributed by atoms with van der Waals surface area (Å²) in [5, 5.41) is 6.46. The number of nitrogens with zero attached hydrogens (tertiary/aromatic N) is 1. The fourth-order valence-electron chi connectivity index (χ4n) is 3.02. The number of nitrogens with one attached hydrogen (secondary N) is 2. The molecule has 1 aliphatic heterocycles. The van der Waals surface area contributed by atoms with Crippen LogP contribution < -0.4 is 10.6 Å². The molecule has 1 unspecified atom stereocenters. The van der Waals surface area contributed by atoms with E-state index in [0.717, 1.165) is 31.2 Å². The van der Waals surface area contributed by atoms with Crippen molar-refractivity contribution in [3.8, 4) is 0 Å². The summed E-state index contributed by atoms with van der Waals surface area (Å²) in [6.07, 6.45) is 2.35. The van der Waals surface area contributed by atoms with Gasteiger partial charge in [-0.3, -0.25) is 9.69 Å². The molecule has 2 rings (SSSR count). The van der Waals surface area contributed by atoms with Crippen molar-refractivity contribution in [2.24, 2.45) is 5.92 Å². The molecule has 116 valence electrons. The standard InChI is InChI=1S/C17H27N3O/c1-3-18-14(2)15-9-11-20(12-10-15)13-17(21)19-16-7-5-4-6-8-16/h4-8,14-15,18H,3,9-13H2,1-2H3,(H,19,21). The summed E-state index contributed by atoms with van der Waals surface area (Å²) >= 11 is 0. The van der Waals surface area contributed by atoms with Gasteiger partial charge in [-0.25, -0.2) is 0 Å². The Hall–Kier alpha value is -1.39. The van der Waals surface area contributed by atoms with Gasteiger partial charge in [0, 0.05) is 11.7 Å². The van der Waals surface area contributed by atoms with Crippen molar-refractivity contribution in [1.29, 1.82) is 0 Å². The number of para-hydroxylation sites is 1. The van der Waals surface area contributed by atoms with Crippen LogP contribution in [0, 0.1) is 5.92 Å². The Kier molecular flexibility index (Phi) is 6.21. The van der Waals surface area contributed by atoms with Gasteiger partial charge in [0.25, 0.3) is 0 Å². The van der Waals surface area contributed by atoms with E-state index in [1.807, 2.05) is 30.3 Å². The lowest BCUT2D eigenvalue weighted by atomic mass is 9.90. The first-order chi connectivity index (χ1) is 10.2. The summed E-state index contributed by atoms with van der Waals surface area (Å²) in [5.41, 5.74) is 0.873. The second-order valence-corrected chi connectivity index (χ2v) is 5.87. The first kappa shape index (κ1) is 16.0. The van der Waals surface area contributed by atoms with Crippen molar-refractivity contribution in [1.82, 2.24) is 10.2 Å². The van der Waals surface area contributed by atoms with Crippen LogP contribution in [0.15, 0.2) is 30.3 Å². The molecule has 1 aromatic carbocycles. The Balaban J connectivity index is 1.72. The van der Waals surface area contributed by atoms with E-state index >= 15 is 0 Å². The van der Waals surface area contributed by atoms with E-state index in [9.17, 15) is 4.79 Å². The summed E-state index contributed by atoms with van der Waals surface area (Å²) in [6, 6.07) is 10.2. The highest BCUT2D eigenvalue weighted by Crippen LogP contribution is 2.20. The lowest BCUT2D eigenvalue weighted by molar-refractivity contribution is -0.117. The number of benzene rings is 1. The van der Waals surface area contributed by atoms with Crippen LogP contribution in [0.1, 0.15) is 26.7 Å². The molecule has 4 heteroatoms. The van der Waals surface area contributed by atoms with Crippen molar-refractivity contribution < 1.29 is 4.79 Å². The average molecular weight is 289 g/mol. The monoisotopic (exact) mass is 289 g/mol. The van der Waals surface area contributed by atoms with E-state index in [1.165, 1.54) is 12.8 Å². The molecule has 1 aliphatic rings. The summed E-state index contributed by atoms with van der Waals surface area (Å²) < 4.78 is 0.